The molecule has 2 fully saturated rings. The van der Waals surface area contributed by atoms with Crippen LogP contribution in [-0.4, -0.2) is 37.1 Å². The van der Waals surface area contributed by atoms with Crippen LogP contribution in [-0.2, 0) is 14.4 Å². The van der Waals surface area contributed by atoms with Crippen molar-refractivity contribution in [3.8, 4) is 11.5 Å². The van der Waals surface area contributed by atoms with Crippen molar-refractivity contribution in [1.82, 2.24) is 0 Å². The molecule has 36 heavy (non-hydrogen) atoms. The van der Waals surface area contributed by atoms with Crippen LogP contribution in [0.1, 0.15) is 17.2 Å². The van der Waals surface area contributed by atoms with Gasteiger partial charge >= 0.3 is 0 Å². The van der Waals surface area contributed by atoms with Gasteiger partial charge in [0.2, 0.25) is 5.91 Å². The van der Waals surface area contributed by atoms with Crippen molar-refractivity contribution in [3.63, 3.8) is 0 Å². The predicted molar refractivity (Wildman–Crippen MR) is 130 cm³/mol. The molecule has 0 spiro atoms. The Balaban J connectivity index is 1.69. The summed E-state index contributed by atoms with van der Waals surface area (Å²) in [5.74, 6) is -1.63. The molecule has 0 radical (unpaired) electrons. The van der Waals surface area contributed by atoms with Gasteiger partial charge in [-0.3, -0.25) is 24.5 Å². The molecule has 2 aliphatic heterocycles. The third-order valence-corrected chi connectivity index (χ3v) is 6.43. The van der Waals surface area contributed by atoms with Crippen LogP contribution in [0, 0.1) is 23.0 Å². The van der Waals surface area contributed by atoms with Crippen molar-refractivity contribution in [2.24, 2.45) is 5.92 Å². The highest BCUT2D eigenvalue weighted by atomic mass is 16.7. The number of anilines is 2. The fraction of sp³-hybridized carbons (Fsp3) is 0.231. The summed E-state index contributed by atoms with van der Waals surface area (Å²) in [6.07, 6.45) is -1.16. The number of imide groups is 1. The normalized spacial score (nSPS) is 21.0. The van der Waals surface area contributed by atoms with Crippen LogP contribution in [0.4, 0.5) is 17.1 Å². The summed E-state index contributed by atoms with van der Waals surface area (Å²) in [5.41, 5.74) is 1.74. The first-order chi connectivity index (χ1) is 17.3. The summed E-state index contributed by atoms with van der Waals surface area (Å²) in [6.45, 7) is 1.86. The van der Waals surface area contributed by atoms with Crippen LogP contribution in [0.25, 0.3) is 0 Å². The number of hydrogen-bond donors (Lipinski definition) is 0. The number of hydroxylamine groups is 1. The van der Waals surface area contributed by atoms with Crippen LogP contribution < -0.4 is 19.4 Å². The number of amides is 2. The van der Waals surface area contributed by atoms with Gasteiger partial charge in [0.25, 0.3) is 11.6 Å². The Kier molecular flexibility index (Phi) is 5.81. The molecule has 0 N–H and O–H groups in total. The molecule has 184 valence electrons. The van der Waals surface area contributed by atoms with Crippen molar-refractivity contribution < 1.29 is 28.8 Å². The highest BCUT2D eigenvalue weighted by Gasteiger charge is 2.61. The molecular weight excluding hydrogens is 466 g/mol. The fourth-order valence-corrected chi connectivity index (χ4v) is 4.83. The Morgan fingerprint density at radius 1 is 0.889 bits per heavy atom. The van der Waals surface area contributed by atoms with Gasteiger partial charge < -0.3 is 9.47 Å². The second-order valence-electron chi connectivity index (χ2n) is 8.53. The molecule has 2 saturated heterocycles. The number of carbonyl (C=O) groups is 2. The smallest absolute Gasteiger partial charge is 0.278 e. The third-order valence-electron chi connectivity index (χ3n) is 6.43. The van der Waals surface area contributed by atoms with E-state index in [9.17, 15) is 19.7 Å². The van der Waals surface area contributed by atoms with Crippen molar-refractivity contribution in [2.45, 2.75) is 19.1 Å². The van der Waals surface area contributed by atoms with Gasteiger partial charge in [0.05, 0.1) is 42.1 Å². The zero-order chi connectivity index (χ0) is 25.6. The van der Waals surface area contributed by atoms with Crippen molar-refractivity contribution in [3.05, 3.63) is 88.0 Å². The highest BCUT2D eigenvalue weighted by Crippen LogP contribution is 2.51. The molecule has 0 bridgehead atoms. The van der Waals surface area contributed by atoms with E-state index in [2.05, 4.69) is 0 Å². The maximum Gasteiger partial charge on any atom is 0.278 e. The highest BCUT2D eigenvalue weighted by molar-refractivity contribution is 6.24. The number of nitro benzene ring substituents is 1. The second-order valence-corrected chi connectivity index (χ2v) is 8.53. The Morgan fingerprint density at radius 3 is 2.19 bits per heavy atom. The summed E-state index contributed by atoms with van der Waals surface area (Å²) in [6, 6.07) is 17.6. The summed E-state index contributed by atoms with van der Waals surface area (Å²) in [4.78, 5) is 46.1. The number of hydrogen-bond acceptors (Lipinski definition) is 8. The maximum absolute atomic E-state index is 13.8. The summed E-state index contributed by atoms with van der Waals surface area (Å²) >= 11 is 0. The summed E-state index contributed by atoms with van der Waals surface area (Å²) in [7, 11) is 2.80. The zero-order valence-electron chi connectivity index (χ0n) is 19.8. The number of nitrogens with zero attached hydrogens (tertiary/aromatic N) is 3. The molecule has 0 unspecified atom stereocenters. The molecule has 3 aromatic rings. The molecule has 0 saturated carbocycles. The quantitative estimate of drug-likeness (QED) is 0.291. The third kappa shape index (κ3) is 3.62. The van der Waals surface area contributed by atoms with Gasteiger partial charge in [0.1, 0.15) is 12.0 Å². The number of rotatable bonds is 6. The number of aryl methyl sites for hydroxylation is 1. The molecule has 2 heterocycles. The van der Waals surface area contributed by atoms with E-state index in [0.717, 1.165) is 10.5 Å². The van der Waals surface area contributed by atoms with E-state index in [1.807, 2.05) is 19.1 Å². The first kappa shape index (κ1) is 23.3. The number of benzene rings is 3. The van der Waals surface area contributed by atoms with E-state index < -0.39 is 34.8 Å². The predicted octanol–water partition coefficient (Wildman–Crippen LogP) is 3.97. The van der Waals surface area contributed by atoms with E-state index >= 15 is 0 Å². The number of methoxy groups -OCH3 is 2. The SMILES string of the molecule is COc1cc([C@@H]2[C@H]3C(=O)N(c4cccc(C)c4)C(=O)[C@H]3ON2c2ccccc2)c([N+](=O)[O-])cc1OC. The van der Waals surface area contributed by atoms with Crippen LogP contribution in [0.15, 0.2) is 66.7 Å². The molecule has 5 rings (SSSR count). The van der Waals surface area contributed by atoms with Crippen molar-refractivity contribution in [2.75, 3.05) is 24.2 Å². The largest absolute Gasteiger partial charge is 0.493 e. The van der Waals surface area contributed by atoms with E-state index in [-0.39, 0.29) is 22.7 Å². The van der Waals surface area contributed by atoms with Crippen molar-refractivity contribution >= 4 is 28.9 Å². The Labute approximate surface area is 206 Å². The number of para-hydroxylation sites is 1. The monoisotopic (exact) mass is 489 g/mol. The second kappa shape index (κ2) is 8.97. The minimum Gasteiger partial charge on any atom is -0.493 e. The Morgan fingerprint density at radius 2 is 1.56 bits per heavy atom. The van der Waals surface area contributed by atoms with Gasteiger partial charge in [-0.15, -0.1) is 0 Å². The lowest BCUT2D eigenvalue weighted by molar-refractivity contribution is -0.385. The lowest BCUT2D eigenvalue weighted by Gasteiger charge is -2.29. The topological polar surface area (TPSA) is 111 Å². The van der Waals surface area contributed by atoms with Gasteiger partial charge in [0, 0.05) is 0 Å². The van der Waals surface area contributed by atoms with Gasteiger partial charge in [-0.2, -0.15) is 0 Å². The van der Waals surface area contributed by atoms with Crippen LogP contribution in [0.3, 0.4) is 0 Å². The molecule has 3 atom stereocenters. The van der Waals surface area contributed by atoms with E-state index in [1.165, 1.54) is 31.4 Å². The molecule has 2 aliphatic rings. The zero-order valence-corrected chi connectivity index (χ0v) is 19.8. The minimum atomic E-state index is -1.16. The van der Waals surface area contributed by atoms with Gasteiger partial charge in [-0.1, -0.05) is 30.3 Å². The molecule has 0 aliphatic carbocycles. The van der Waals surface area contributed by atoms with Crippen LogP contribution in [0.5, 0.6) is 11.5 Å². The number of carbonyl (C=O) groups excluding carboxylic acids is 2. The van der Waals surface area contributed by atoms with E-state index in [1.54, 1.807) is 42.5 Å². The summed E-state index contributed by atoms with van der Waals surface area (Å²) < 4.78 is 10.7. The lowest BCUT2D eigenvalue weighted by Crippen LogP contribution is -2.37. The average Bonchev–Trinajstić information content (AvgIpc) is 3.39. The Bertz CT molecular complexity index is 1360. The van der Waals surface area contributed by atoms with Crippen molar-refractivity contribution in [1.29, 1.82) is 0 Å². The molecule has 3 aromatic carbocycles. The Hall–Kier alpha value is -4.44. The van der Waals surface area contributed by atoms with E-state index in [4.69, 9.17) is 14.3 Å². The molecule has 2 amide bonds. The number of nitro groups is 1. The van der Waals surface area contributed by atoms with Crippen LogP contribution >= 0.6 is 0 Å². The number of fused-ring (bicyclic) bond motifs is 1. The first-order valence-electron chi connectivity index (χ1n) is 11.2. The van der Waals surface area contributed by atoms with Gasteiger partial charge in [0.15, 0.2) is 17.6 Å². The molecule has 0 aromatic heterocycles. The van der Waals surface area contributed by atoms with Gasteiger partial charge in [-0.25, -0.2) is 9.96 Å². The maximum atomic E-state index is 13.8. The number of ether oxygens (including phenoxy) is 2. The average molecular weight is 489 g/mol. The van der Waals surface area contributed by atoms with E-state index in [0.29, 0.717) is 11.4 Å². The molecule has 10 heteroatoms. The molecule has 10 nitrogen and oxygen atoms in total. The summed E-state index contributed by atoms with van der Waals surface area (Å²) in [5, 5.41) is 13.5. The first-order valence-corrected chi connectivity index (χ1v) is 11.2. The lowest BCUT2D eigenvalue weighted by atomic mass is 9.89. The fourth-order valence-electron chi connectivity index (χ4n) is 4.83. The minimum absolute atomic E-state index is 0.168. The molecular formula is C26H23N3O7. The van der Waals surface area contributed by atoms with Gasteiger partial charge in [-0.05, 0) is 42.8 Å². The van der Waals surface area contributed by atoms with Crippen LogP contribution in [0.2, 0.25) is 0 Å². The standard InChI is InChI=1S/C26H23N3O7/c1-15-8-7-11-17(12-15)27-25(30)22-23(18-13-20(34-2)21(35-3)14-19(18)29(32)33)28(36-24(22)26(27)31)16-9-5-4-6-10-16/h4-14,22-24H,1-3H3/t22-,23-,24+/m1/s1.